The molecule has 0 heterocycles. The van der Waals surface area contributed by atoms with Gasteiger partial charge in [0.25, 0.3) is 5.91 Å². The number of methoxy groups -OCH3 is 1. The van der Waals surface area contributed by atoms with Crippen molar-refractivity contribution in [2.45, 2.75) is 13.0 Å². The Kier molecular flexibility index (Phi) is 6.58. The summed E-state index contributed by atoms with van der Waals surface area (Å²) in [6, 6.07) is 3.13. The molecule has 0 aromatic heterocycles. The number of esters is 1. The van der Waals surface area contributed by atoms with Crippen LogP contribution in [0.2, 0.25) is 0 Å². The van der Waals surface area contributed by atoms with Crippen molar-refractivity contribution in [3.8, 4) is 0 Å². The Bertz CT molecular complexity index is 491. The maximum absolute atomic E-state index is 12.1. The number of halogens is 3. The van der Waals surface area contributed by atoms with Crippen LogP contribution >= 0.6 is 67.8 Å². The largest absolute Gasteiger partial charge is 0.467 e. The van der Waals surface area contributed by atoms with Crippen molar-refractivity contribution in [2.24, 2.45) is 0 Å². The van der Waals surface area contributed by atoms with Gasteiger partial charge in [0, 0.05) is 10.7 Å². The predicted octanol–water partition coefficient (Wildman–Crippen LogP) is 2.79. The van der Waals surface area contributed by atoms with Crippen LogP contribution in [0.1, 0.15) is 17.3 Å². The van der Waals surface area contributed by atoms with Crippen LogP contribution in [0.25, 0.3) is 0 Å². The molecular weight excluding hydrogens is 575 g/mol. The monoisotopic (exact) mass is 585 g/mol. The quantitative estimate of drug-likeness (QED) is 0.338. The SMILES string of the molecule is COC(=O)[C@@H](C)NC(=O)c1cc(I)cc(I)c1I. The zero-order valence-electron chi connectivity index (χ0n) is 9.59. The Morgan fingerprint density at radius 2 is 1.89 bits per heavy atom. The molecule has 0 aliphatic carbocycles. The third kappa shape index (κ3) is 4.18. The number of nitrogens with one attached hydrogen (secondary N) is 1. The third-order valence-corrected chi connectivity index (χ3v) is 5.81. The number of benzene rings is 1. The van der Waals surface area contributed by atoms with Gasteiger partial charge in [-0.2, -0.15) is 0 Å². The Labute approximate surface area is 146 Å². The summed E-state index contributed by atoms with van der Waals surface area (Å²) in [5.41, 5.74) is 0.572. The summed E-state index contributed by atoms with van der Waals surface area (Å²) in [4.78, 5) is 23.3. The zero-order chi connectivity index (χ0) is 13.9. The summed E-state index contributed by atoms with van der Waals surface area (Å²) in [6.07, 6.45) is 0. The first-order valence-corrected chi connectivity index (χ1v) is 8.13. The molecule has 1 aromatic rings. The van der Waals surface area contributed by atoms with E-state index in [1.54, 1.807) is 13.0 Å². The van der Waals surface area contributed by atoms with E-state index >= 15 is 0 Å². The maximum Gasteiger partial charge on any atom is 0.328 e. The molecule has 7 heteroatoms. The number of carbonyl (C=O) groups is 2. The fourth-order valence-corrected chi connectivity index (χ4v) is 3.63. The molecule has 0 unspecified atom stereocenters. The van der Waals surface area contributed by atoms with Crippen LogP contribution in [0.5, 0.6) is 0 Å². The van der Waals surface area contributed by atoms with Crippen molar-refractivity contribution in [3.05, 3.63) is 28.4 Å². The third-order valence-electron chi connectivity index (χ3n) is 2.14. The second kappa shape index (κ2) is 7.22. The predicted molar refractivity (Wildman–Crippen MR) is 93.5 cm³/mol. The summed E-state index contributed by atoms with van der Waals surface area (Å²) in [5.74, 6) is -0.729. The first-order chi connectivity index (χ1) is 8.36. The second-order valence-electron chi connectivity index (χ2n) is 3.47. The van der Waals surface area contributed by atoms with E-state index in [1.165, 1.54) is 7.11 Å². The average Bonchev–Trinajstić information content (AvgIpc) is 2.32. The number of carbonyl (C=O) groups excluding carboxylic acids is 2. The molecular formula is C11H10I3NO3. The molecule has 4 nitrogen and oxygen atoms in total. The molecule has 0 bridgehead atoms. The van der Waals surface area contributed by atoms with E-state index in [9.17, 15) is 9.59 Å². The minimum Gasteiger partial charge on any atom is -0.467 e. The lowest BCUT2D eigenvalue weighted by Gasteiger charge is -2.13. The number of amides is 1. The minimum absolute atomic E-state index is 0.270. The van der Waals surface area contributed by atoms with E-state index in [2.05, 4.69) is 77.8 Å². The Hall–Kier alpha value is 0.350. The van der Waals surface area contributed by atoms with Gasteiger partial charge in [-0.05, 0) is 86.8 Å². The topological polar surface area (TPSA) is 55.4 Å². The summed E-state index contributed by atoms with van der Waals surface area (Å²) in [5, 5.41) is 2.62. The van der Waals surface area contributed by atoms with Gasteiger partial charge in [0.1, 0.15) is 6.04 Å². The van der Waals surface area contributed by atoms with Crippen LogP contribution in [0.3, 0.4) is 0 Å². The molecule has 0 aliphatic heterocycles. The number of hydrogen-bond donors (Lipinski definition) is 1. The van der Waals surface area contributed by atoms with Gasteiger partial charge in [-0.1, -0.05) is 0 Å². The van der Waals surface area contributed by atoms with Gasteiger partial charge in [0.05, 0.1) is 12.7 Å². The number of hydrogen-bond acceptors (Lipinski definition) is 3. The smallest absolute Gasteiger partial charge is 0.328 e. The molecule has 0 radical (unpaired) electrons. The van der Waals surface area contributed by atoms with Crippen LogP contribution < -0.4 is 5.32 Å². The minimum atomic E-state index is -0.658. The van der Waals surface area contributed by atoms with E-state index in [0.29, 0.717) is 5.56 Å². The van der Waals surface area contributed by atoms with Crippen LogP contribution in [0.4, 0.5) is 0 Å². The first kappa shape index (κ1) is 16.4. The molecule has 18 heavy (non-hydrogen) atoms. The molecule has 98 valence electrons. The summed E-state index contributed by atoms with van der Waals surface area (Å²) < 4.78 is 7.44. The fraction of sp³-hybridized carbons (Fsp3) is 0.273. The molecule has 0 fully saturated rings. The van der Waals surface area contributed by atoms with E-state index in [0.717, 1.165) is 10.7 Å². The molecule has 1 atom stereocenters. The van der Waals surface area contributed by atoms with Gasteiger partial charge in [-0.3, -0.25) is 4.79 Å². The molecule has 1 N–H and O–H groups in total. The number of rotatable bonds is 3. The van der Waals surface area contributed by atoms with Crippen molar-refractivity contribution in [3.63, 3.8) is 0 Å². The highest BCUT2D eigenvalue weighted by Crippen LogP contribution is 2.22. The van der Waals surface area contributed by atoms with E-state index in [4.69, 9.17) is 0 Å². The van der Waals surface area contributed by atoms with Gasteiger partial charge in [-0.15, -0.1) is 0 Å². The van der Waals surface area contributed by atoms with Gasteiger partial charge in [-0.25, -0.2) is 4.79 Å². The molecule has 1 aromatic carbocycles. The second-order valence-corrected chi connectivity index (χ2v) is 6.95. The average molecular weight is 585 g/mol. The highest BCUT2D eigenvalue weighted by Gasteiger charge is 2.19. The normalized spacial score (nSPS) is 11.8. The van der Waals surface area contributed by atoms with Crippen molar-refractivity contribution in [2.75, 3.05) is 7.11 Å². The Morgan fingerprint density at radius 3 is 2.44 bits per heavy atom. The van der Waals surface area contributed by atoms with Crippen molar-refractivity contribution in [1.29, 1.82) is 0 Å². The maximum atomic E-state index is 12.1. The van der Waals surface area contributed by atoms with Crippen molar-refractivity contribution in [1.82, 2.24) is 5.32 Å². The summed E-state index contributed by atoms with van der Waals surface area (Å²) in [6.45, 7) is 1.59. The summed E-state index contributed by atoms with van der Waals surface area (Å²) in [7, 11) is 1.29. The first-order valence-electron chi connectivity index (χ1n) is 4.90. The van der Waals surface area contributed by atoms with Gasteiger partial charge in [0.2, 0.25) is 0 Å². The van der Waals surface area contributed by atoms with Crippen molar-refractivity contribution >= 4 is 79.6 Å². The van der Waals surface area contributed by atoms with Gasteiger partial charge in [0.15, 0.2) is 0 Å². The molecule has 0 aliphatic rings. The fourth-order valence-electron chi connectivity index (χ4n) is 1.23. The standard InChI is InChI=1S/C11H10I3NO3/c1-5(11(17)18-2)15-10(16)7-3-6(12)4-8(13)9(7)14/h3-5H,1-2H3,(H,15,16)/t5-/m1/s1. The molecule has 1 amide bonds. The van der Waals surface area contributed by atoms with Gasteiger partial charge >= 0.3 is 5.97 Å². The lowest BCUT2D eigenvalue weighted by molar-refractivity contribution is -0.142. The Morgan fingerprint density at radius 1 is 1.28 bits per heavy atom. The molecule has 1 rings (SSSR count). The van der Waals surface area contributed by atoms with E-state index in [-0.39, 0.29) is 5.91 Å². The van der Waals surface area contributed by atoms with Crippen LogP contribution in [-0.2, 0) is 9.53 Å². The zero-order valence-corrected chi connectivity index (χ0v) is 16.1. The van der Waals surface area contributed by atoms with Gasteiger partial charge < -0.3 is 10.1 Å². The molecule has 0 saturated heterocycles. The summed E-state index contributed by atoms with van der Waals surface area (Å²) >= 11 is 6.46. The van der Waals surface area contributed by atoms with E-state index < -0.39 is 12.0 Å². The van der Waals surface area contributed by atoms with Crippen molar-refractivity contribution < 1.29 is 14.3 Å². The van der Waals surface area contributed by atoms with E-state index in [1.807, 2.05) is 6.07 Å². The lowest BCUT2D eigenvalue weighted by atomic mass is 10.2. The van der Waals surface area contributed by atoms with Crippen LogP contribution in [0.15, 0.2) is 12.1 Å². The lowest BCUT2D eigenvalue weighted by Crippen LogP contribution is -2.39. The molecule has 0 saturated carbocycles. The highest BCUT2D eigenvalue weighted by atomic mass is 127. The highest BCUT2D eigenvalue weighted by molar-refractivity contribution is 14.1. The van der Waals surface area contributed by atoms with Crippen LogP contribution in [-0.4, -0.2) is 25.0 Å². The van der Waals surface area contributed by atoms with Crippen LogP contribution in [0, 0.1) is 10.7 Å². The molecule has 0 spiro atoms. The Balaban J connectivity index is 2.95. The number of ether oxygens (including phenoxy) is 1.